The first-order chi connectivity index (χ1) is 9.04. The summed E-state index contributed by atoms with van der Waals surface area (Å²) < 4.78 is 0. The molecule has 0 aliphatic carbocycles. The van der Waals surface area contributed by atoms with Crippen molar-refractivity contribution >= 4 is 17.3 Å². The van der Waals surface area contributed by atoms with Crippen LogP contribution in [0.4, 0.5) is 11.4 Å². The van der Waals surface area contributed by atoms with Crippen molar-refractivity contribution in [3.63, 3.8) is 0 Å². The van der Waals surface area contributed by atoms with Crippen molar-refractivity contribution in [3.8, 4) is 6.07 Å². The first-order valence-corrected chi connectivity index (χ1v) is 5.75. The molecular weight excluding hydrogens is 248 g/mol. The average Bonchev–Trinajstić information content (AvgIpc) is 2.37. The number of nitro benzene ring substituents is 1. The van der Waals surface area contributed by atoms with Crippen LogP contribution in [-0.4, -0.2) is 17.4 Å². The molecular formula is C12H14N4O3. The quantitative estimate of drug-likeness (QED) is 0.438. The number of nitrogens with two attached hydrogens (primary N) is 1. The maximum absolute atomic E-state index is 10.6. The van der Waals surface area contributed by atoms with Gasteiger partial charge in [0.05, 0.1) is 4.92 Å². The van der Waals surface area contributed by atoms with Gasteiger partial charge in [-0.3, -0.25) is 14.9 Å². The number of hydrogen-bond acceptors (Lipinski definition) is 5. The highest BCUT2D eigenvalue weighted by Crippen LogP contribution is 2.21. The fourth-order valence-electron chi connectivity index (χ4n) is 1.55. The average molecular weight is 262 g/mol. The number of rotatable bonds is 7. The zero-order chi connectivity index (χ0) is 14.3. The van der Waals surface area contributed by atoms with E-state index in [1.807, 2.05) is 0 Å². The van der Waals surface area contributed by atoms with Crippen LogP contribution < -0.4 is 11.1 Å². The summed E-state index contributed by atoms with van der Waals surface area (Å²) in [6.45, 7) is 0.607. The lowest BCUT2D eigenvalue weighted by molar-refractivity contribution is -0.385. The Bertz CT molecular complexity index is 522. The van der Waals surface area contributed by atoms with E-state index in [1.165, 1.54) is 12.1 Å². The standard InChI is InChI=1S/C12H14N4O3/c13-8-9-7-10(4-5-11(9)16(18)19)15-6-2-1-3-12(14)17/h4-5,7,15H,1-3,6H2,(H2,14,17). The number of nitriles is 1. The van der Waals surface area contributed by atoms with Crippen molar-refractivity contribution in [2.45, 2.75) is 19.3 Å². The Morgan fingerprint density at radius 2 is 2.21 bits per heavy atom. The number of unbranched alkanes of at least 4 members (excludes halogenated alkanes) is 1. The summed E-state index contributed by atoms with van der Waals surface area (Å²) >= 11 is 0. The third-order valence-corrected chi connectivity index (χ3v) is 2.49. The number of nitro groups is 1. The molecule has 100 valence electrons. The Morgan fingerprint density at radius 1 is 1.47 bits per heavy atom. The first-order valence-electron chi connectivity index (χ1n) is 5.75. The van der Waals surface area contributed by atoms with Crippen LogP contribution in [-0.2, 0) is 4.79 Å². The number of primary amides is 1. The molecule has 0 fully saturated rings. The van der Waals surface area contributed by atoms with Gasteiger partial charge in [-0.2, -0.15) is 5.26 Å². The van der Waals surface area contributed by atoms with Crippen LogP contribution in [0.1, 0.15) is 24.8 Å². The molecule has 1 aromatic rings. The summed E-state index contributed by atoms with van der Waals surface area (Å²) in [6, 6.07) is 6.07. The summed E-state index contributed by atoms with van der Waals surface area (Å²) in [4.78, 5) is 20.6. The van der Waals surface area contributed by atoms with Crippen molar-refractivity contribution < 1.29 is 9.72 Å². The zero-order valence-corrected chi connectivity index (χ0v) is 10.3. The zero-order valence-electron chi connectivity index (χ0n) is 10.3. The number of amides is 1. The van der Waals surface area contributed by atoms with Crippen LogP contribution in [0.25, 0.3) is 0 Å². The molecule has 0 unspecified atom stereocenters. The lowest BCUT2D eigenvalue weighted by atomic mass is 10.1. The number of benzene rings is 1. The minimum Gasteiger partial charge on any atom is -0.385 e. The summed E-state index contributed by atoms with van der Waals surface area (Å²) in [5.74, 6) is -0.331. The van der Waals surface area contributed by atoms with E-state index in [9.17, 15) is 14.9 Å². The Balaban J connectivity index is 2.54. The molecule has 3 N–H and O–H groups in total. The van der Waals surface area contributed by atoms with E-state index < -0.39 is 4.92 Å². The Labute approximate surface area is 110 Å². The maximum Gasteiger partial charge on any atom is 0.287 e. The number of carbonyl (C=O) groups excluding carboxylic acids is 1. The van der Waals surface area contributed by atoms with Gasteiger partial charge in [-0.15, -0.1) is 0 Å². The fourth-order valence-corrected chi connectivity index (χ4v) is 1.55. The van der Waals surface area contributed by atoms with Crippen LogP contribution in [0.5, 0.6) is 0 Å². The molecule has 1 rings (SSSR count). The van der Waals surface area contributed by atoms with Crippen molar-refractivity contribution in [1.29, 1.82) is 5.26 Å². The lowest BCUT2D eigenvalue weighted by Gasteiger charge is -2.06. The molecule has 1 aromatic carbocycles. The van der Waals surface area contributed by atoms with Crippen LogP contribution in [0, 0.1) is 21.4 Å². The molecule has 0 heterocycles. The summed E-state index contributed by atoms with van der Waals surface area (Å²) in [5, 5.41) is 22.5. The van der Waals surface area contributed by atoms with E-state index in [1.54, 1.807) is 12.1 Å². The van der Waals surface area contributed by atoms with Gasteiger partial charge in [-0.25, -0.2) is 0 Å². The van der Waals surface area contributed by atoms with Gasteiger partial charge in [-0.05, 0) is 25.0 Å². The monoisotopic (exact) mass is 262 g/mol. The van der Waals surface area contributed by atoms with Crippen molar-refractivity contribution in [2.75, 3.05) is 11.9 Å². The summed E-state index contributed by atoms with van der Waals surface area (Å²) in [5.41, 5.74) is 5.46. The number of hydrogen-bond donors (Lipinski definition) is 2. The normalized spacial score (nSPS) is 9.63. The highest BCUT2D eigenvalue weighted by Gasteiger charge is 2.13. The molecule has 0 saturated carbocycles. The lowest BCUT2D eigenvalue weighted by Crippen LogP contribution is -2.11. The van der Waals surface area contributed by atoms with E-state index in [2.05, 4.69) is 5.32 Å². The minimum absolute atomic E-state index is 0.0205. The van der Waals surface area contributed by atoms with Crippen LogP contribution in [0.2, 0.25) is 0 Å². The van der Waals surface area contributed by atoms with E-state index >= 15 is 0 Å². The van der Waals surface area contributed by atoms with Gasteiger partial charge in [0.25, 0.3) is 5.69 Å². The van der Waals surface area contributed by atoms with Gasteiger partial charge < -0.3 is 11.1 Å². The molecule has 0 radical (unpaired) electrons. The van der Waals surface area contributed by atoms with Crippen LogP contribution >= 0.6 is 0 Å². The van der Waals surface area contributed by atoms with Crippen molar-refractivity contribution in [3.05, 3.63) is 33.9 Å². The Kier molecular flexibility index (Phi) is 5.29. The van der Waals surface area contributed by atoms with Crippen LogP contribution in [0.3, 0.4) is 0 Å². The first kappa shape index (κ1) is 14.4. The highest BCUT2D eigenvalue weighted by atomic mass is 16.6. The summed E-state index contributed by atoms with van der Waals surface area (Å²) in [6.07, 6.45) is 1.77. The molecule has 0 bridgehead atoms. The second-order valence-corrected chi connectivity index (χ2v) is 3.95. The van der Waals surface area contributed by atoms with Crippen molar-refractivity contribution in [1.82, 2.24) is 0 Å². The van der Waals surface area contributed by atoms with E-state index in [0.29, 0.717) is 25.1 Å². The number of carbonyl (C=O) groups is 1. The second-order valence-electron chi connectivity index (χ2n) is 3.95. The van der Waals surface area contributed by atoms with Crippen LogP contribution in [0.15, 0.2) is 18.2 Å². The van der Waals surface area contributed by atoms with Gasteiger partial charge in [0.1, 0.15) is 11.6 Å². The number of nitrogens with one attached hydrogen (secondary N) is 1. The molecule has 7 nitrogen and oxygen atoms in total. The van der Waals surface area contributed by atoms with E-state index in [0.717, 1.165) is 6.42 Å². The van der Waals surface area contributed by atoms with Gasteiger partial charge >= 0.3 is 0 Å². The summed E-state index contributed by atoms with van der Waals surface area (Å²) in [7, 11) is 0. The number of anilines is 1. The highest BCUT2D eigenvalue weighted by molar-refractivity contribution is 5.73. The second kappa shape index (κ2) is 6.96. The molecule has 19 heavy (non-hydrogen) atoms. The van der Waals surface area contributed by atoms with E-state index in [4.69, 9.17) is 11.0 Å². The van der Waals surface area contributed by atoms with Gasteiger partial charge in [0.2, 0.25) is 5.91 Å². The molecule has 0 atom stereocenters. The minimum atomic E-state index is -0.588. The third kappa shape index (κ3) is 4.63. The van der Waals surface area contributed by atoms with Gasteiger partial charge in [-0.1, -0.05) is 0 Å². The van der Waals surface area contributed by atoms with Crippen molar-refractivity contribution in [2.24, 2.45) is 5.73 Å². The molecule has 0 saturated heterocycles. The predicted molar refractivity (Wildman–Crippen MR) is 69.3 cm³/mol. The Morgan fingerprint density at radius 3 is 2.79 bits per heavy atom. The molecule has 7 heteroatoms. The smallest absolute Gasteiger partial charge is 0.287 e. The molecule has 0 aliphatic rings. The Hall–Kier alpha value is -2.62. The molecule has 1 amide bonds. The third-order valence-electron chi connectivity index (χ3n) is 2.49. The maximum atomic E-state index is 10.6. The molecule has 0 aliphatic heterocycles. The molecule has 0 aromatic heterocycles. The van der Waals surface area contributed by atoms with E-state index in [-0.39, 0.29) is 17.2 Å². The number of nitrogens with zero attached hydrogens (tertiary/aromatic N) is 2. The van der Waals surface area contributed by atoms with Gasteiger partial charge in [0, 0.05) is 24.7 Å². The SMILES string of the molecule is N#Cc1cc(NCCCCC(N)=O)ccc1[N+](=O)[O-]. The predicted octanol–water partition coefficient (Wildman–Crippen LogP) is 1.53. The van der Waals surface area contributed by atoms with Gasteiger partial charge in [0.15, 0.2) is 0 Å². The largest absolute Gasteiger partial charge is 0.385 e. The molecule has 0 spiro atoms. The topological polar surface area (TPSA) is 122 Å². The fraction of sp³-hybridized carbons (Fsp3) is 0.333.